The largest absolute Gasteiger partial charge is 0.496 e. The van der Waals surface area contributed by atoms with E-state index in [1.54, 1.807) is 49.7 Å². The highest BCUT2D eigenvalue weighted by Gasteiger charge is 2.59. The van der Waals surface area contributed by atoms with Gasteiger partial charge < -0.3 is 23.9 Å². The molecular weight excluding hydrogens is 548 g/mol. The first kappa shape index (κ1) is 27.3. The van der Waals surface area contributed by atoms with Crippen LogP contribution in [-0.2, 0) is 29.8 Å². The minimum absolute atomic E-state index is 0.0434. The highest BCUT2D eigenvalue weighted by molar-refractivity contribution is 5.92. The SMILES string of the molecule is COc1cc(C#N)ccc1COc1ccnc(C23CCN(Cc4nc5ccc(C(=O)O)cc5n4CC4CCO4)CC2C3)n1. The summed E-state index contributed by atoms with van der Waals surface area (Å²) in [6.45, 7) is 4.20. The van der Waals surface area contributed by atoms with Gasteiger partial charge in [-0.1, -0.05) is 6.07 Å². The van der Waals surface area contributed by atoms with Gasteiger partial charge in [0, 0.05) is 36.4 Å². The predicted octanol–water partition coefficient (Wildman–Crippen LogP) is 3.94. The summed E-state index contributed by atoms with van der Waals surface area (Å²) < 4.78 is 19.3. The third-order valence-electron chi connectivity index (χ3n) is 9.07. The smallest absolute Gasteiger partial charge is 0.335 e. The van der Waals surface area contributed by atoms with E-state index >= 15 is 0 Å². The number of likely N-dealkylation sites (tertiary alicyclic amines) is 1. The second-order valence-electron chi connectivity index (χ2n) is 11.6. The molecule has 4 aromatic rings. The number of nitriles is 1. The first-order chi connectivity index (χ1) is 21.0. The van der Waals surface area contributed by atoms with Crippen LogP contribution in [0.25, 0.3) is 11.0 Å². The van der Waals surface area contributed by atoms with Gasteiger partial charge in [0.25, 0.3) is 0 Å². The van der Waals surface area contributed by atoms with Crippen LogP contribution < -0.4 is 9.47 Å². The first-order valence-electron chi connectivity index (χ1n) is 14.6. The van der Waals surface area contributed by atoms with E-state index in [0.717, 1.165) is 67.2 Å². The monoisotopic (exact) mass is 580 g/mol. The van der Waals surface area contributed by atoms with Crippen molar-refractivity contribution in [1.29, 1.82) is 5.26 Å². The summed E-state index contributed by atoms with van der Waals surface area (Å²) in [4.78, 5) is 28.5. The molecule has 1 N–H and O–H groups in total. The molecule has 0 spiro atoms. The van der Waals surface area contributed by atoms with E-state index in [9.17, 15) is 9.90 Å². The highest BCUT2D eigenvalue weighted by atomic mass is 16.5. The summed E-state index contributed by atoms with van der Waals surface area (Å²) in [6, 6.07) is 14.3. The Bertz CT molecular complexity index is 1740. The van der Waals surface area contributed by atoms with Gasteiger partial charge in [-0.2, -0.15) is 10.2 Å². The average molecular weight is 581 g/mol. The number of benzene rings is 2. The fourth-order valence-corrected chi connectivity index (χ4v) is 6.43. The van der Waals surface area contributed by atoms with E-state index in [-0.39, 0.29) is 23.7 Å². The average Bonchev–Trinajstić information content (AvgIpc) is 3.65. The van der Waals surface area contributed by atoms with Gasteiger partial charge in [0.15, 0.2) is 0 Å². The Morgan fingerprint density at radius 3 is 2.86 bits per heavy atom. The number of carboxylic acids is 1. The van der Waals surface area contributed by atoms with Crippen molar-refractivity contribution in [3.05, 3.63) is 77.0 Å². The van der Waals surface area contributed by atoms with E-state index in [0.29, 0.717) is 36.2 Å². The normalized spacial score (nSPS) is 22.8. The molecule has 2 aromatic heterocycles. The lowest BCUT2D eigenvalue weighted by molar-refractivity contribution is -0.0592. The molecule has 4 heterocycles. The minimum Gasteiger partial charge on any atom is -0.496 e. The van der Waals surface area contributed by atoms with Crippen molar-refractivity contribution in [2.45, 2.75) is 50.5 Å². The zero-order valence-electron chi connectivity index (χ0n) is 23.9. The van der Waals surface area contributed by atoms with Crippen molar-refractivity contribution in [2.75, 3.05) is 26.8 Å². The number of aromatic nitrogens is 4. The number of fused-ring (bicyclic) bond motifs is 2. The van der Waals surface area contributed by atoms with E-state index < -0.39 is 5.97 Å². The molecule has 3 aliphatic rings. The molecule has 220 valence electrons. The molecule has 0 bridgehead atoms. The summed E-state index contributed by atoms with van der Waals surface area (Å²) >= 11 is 0. The lowest BCUT2D eigenvalue weighted by Gasteiger charge is -2.31. The third-order valence-corrected chi connectivity index (χ3v) is 9.07. The molecule has 43 heavy (non-hydrogen) atoms. The van der Waals surface area contributed by atoms with E-state index in [4.69, 9.17) is 29.4 Å². The molecule has 11 heteroatoms. The summed E-state index contributed by atoms with van der Waals surface area (Å²) in [5.74, 6) is 2.40. The van der Waals surface area contributed by atoms with Gasteiger partial charge in [-0.25, -0.2) is 14.8 Å². The summed E-state index contributed by atoms with van der Waals surface area (Å²) in [7, 11) is 1.58. The quantitative estimate of drug-likeness (QED) is 0.294. The number of piperidine rings is 1. The second-order valence-corrected chi connectivity index (χ2v) is 11.6. The number of rotatable bonds is 10. The number of aromatic carboxylic acids is 1. The van der Waals surface area contributed by atoms with Gasteiger partial charge in [0.1, 0.15) is 24.0 Å². The molecule has 3 atom stereocenters. The molecule has 7 rings (SSSR count). The van der Waals surface area contributed by atoms with Crippen molar-refractivity contribution in [2.24, 2.45) is 5.92 Å². The molecule has 11 nitrogen and oxygen atoms in total. The van der Waals surface area contributed by atoms with Gasteiger partial charge in [-0.15, -0.1) is 0 Å². The zero-order valence-corrected chi connectivity index (χ0v) is 23.9. The van der Waals surface area contributed by atoms with Crippen molar-refractivity contribution in [3.63, 3.8) is 0 Å². The second kappa shape index (κ2) is 10.9. The van der Waals surface area contributed by atoms with Crippen molar-refractivity contribution < 1.29 is 24.1 Å². The van der Waals surface area contributed by atoms with Crippen LogP contribution in [0.15, 0.2) is 48.7 Å². The summed E-state index contributed by atoms with van der Waals surface area (Å²) in [6.07, 6.45) is 4.87. The number of imidazole rings is 1. The molecule has 2 aliphatic heterocycles. The number of carbonyl (C=O) groups is 1. The molecule has 0 amide bonds. The Balaban J connectivity index is 1.04. The maximum atomic E-state index is 11.6. The van der Waals surface area contributed by atoms with E-state index in [1.165, 1.54) is 0 Å². The number of methoxy groups -OCH3 is 1. The first-order valence-corrected chi connectivity index (χ1v) is 14.6. The Kier molecular flexibility index (Phi) is 6.95. The van der Waals surface area contributed by atoms with Crippen LogP contribution in [-0.4, -0.2) is 68.4 Å². The fourth-order valence-electron chi connectivity index (χ4n) is 6.43. The molecule has 3 unspecified atom stereocenters. The standard InChI is InChI=1S/C32H32N6O5/c1-41-27-12-20(15-33)2-3-22(27)19-43-29-6-9-34-31(36-29)32-8-10-37(16-23(32)14-32)18-28-35-25-5-4-21(30(39)40)13-26(25)38(28)17-24-7-11-42-24/h2-6,9,12-13,23-24H,7-8,10-11,14,16-19H2,1H3,(H,39,40). The zero-order chi connectivity index (χ0) is 29.6. The molecule has 0 radical (unpaired) electrons. The Labute approximate surface area is 248 Å². The van der Waals surface area contributed by atoms with Gasteiger partial charge in [0.2, 0.25) is 5.88 Å². The van der Waals surface area contributed by atoms with Crippen LogP contribution in [0.3, 0.4) is 0 Å². The van der Waals surface area contributed by atoms with Crippen molar-refractivity contribution in [1.82, 2.24) is 24.4 Å². The number of hydrogen-bond donors (Lipinski definition) is 1. The van der Waals surface area contributed by atoms with Gasteiger partial charge in [-0.3, -0.25) is 4.90 Å². The number of ether oxygens (including phenoxy) is 3. The van der Waals surface area contributed by atoms with Gasteiger partial charge in [0.05, 0.1) is 54.5 Å². The van der Waals surface area contributed by atoms with Crippen molar-refractivity contribution >= 4 is 17.0 Å². The predicted molar refractivity (Wildman–Crippen MR) is 155 cm³/mol. The van der Waals surface area contributed by atoms with Crippen LogP contribution in [0.4, 0.5) is 0 Å². The number of carboxylic acid groups (broad SMARTS) is 1. The molecule has 3 fully saturated rings. The van der Waals surface area contributed by atoms with Crippen molar-refractivity contribution in [3.8, 4) is 17.7 Å². The van der Waals surface area contributed by atoms with Gasteiger partial charge >= 0.3 is 5.97 Å². The summed E-state index contributed by atoms with van der Waals surface area (Å²) in [5.41, 5.74) is 3.24. The maximum Gasteiger partial charge on any atom is 0.335 e. The lowest BCUT2D eigenvalue weighted by atomic mass is 9.94. The minimum atomic E-state index is -0.942. The number of hydrogen-bond acceptors (Lipinski definition) is 9. The van der Waals surface area contributed by atoms with Crippen LogP contribution in [0, 0.1) is 17.2 Å². The van der Waals surface area contributed by atoms with E-state index in [1.807, 2.05) is 6.07 Å². The topological polar surface area (TPSA) is 136 Å². The van der Waals surface area contributed by atoms with E-state index in [2.05, 4.69) is 20.5 Å². The lowest BCUT2D eigenvalue weighted by Crippen LogP contribution is -2.38. The Morgan fingerprint density at radius 2 is 2.12 bits per heavy atom. The highest BCUT2D eigenvalue weighted by Crippen LogP contribution is 2.58. The van der Waals surface area contributed by atoms with Crippen LogP contribution in [0.1, 0.15) is 52.4 Å². The third kappa shape index (κ3) is 5.17. The number of nitrogens with zero attached hydrogens (tertiary/aromatic N) is 6. The van der Waals surface area contributed by atoms with Crippen LogP contribution in [0.2, 0.25) is 0 Å². The van der Waals surface area contributed by atoms with Gasteiger partial charge in [-0.05, 0) is 62.1 Å². The molecule has 1 aliphatic carbocycles. The maximum absolute atomic E-state index is 11.6. The fraction of sp³-hybridized carbons (Fsp3) is 0.406. The Hall–Kier alpha value is -4.53. The molecular formula is C32H32N6O5. The molecule has 2 aromatic carbocycles. The van der Waals surface area contributed by atoms with Crippen LogP contribution in [0.5, 0.6) is 11.6 Å². The van der Waals surface area contributed by atoms with Crippen LogP contribution >= 0.6 is 0 Å². The molecule has 2 saturated heterocycles. The summed E-state index contributed by atoms with van der Waals surface area (Å²) in [5, 5.41) is 18.7. The Morgan fingerprint density at radius 1 is 1.23 bits per heavy atom. The molecule has 1 saturated carbocycles.